The lowest BCUT2D eigenvalue weighted by Gasteiger charge is -2.26. The van der Waals surface area contributed by atoms with Gasteiger partial charge in [0.05, 0.1) is 6.20 Å². The number of halogens is 1. The van der Waals surface area contributed by atoms with Crippen molar-refractivity contribution < 1.29 is 4.39 Å². The average Bonchev–Trinajstić information content (AvgIpc) is 2.38. The second-order valence-electron chi connectivity index (χ2n) is 5.57. The van der Waals surface area contributed by atoms with Gasteiger partial charge in [-0.1, -0.05) is 20.8 Å². The van der Waals surface area contributed by atoms with Crippen molar-refractivity contribution in [3.05, 3.63) is 12.0 Å². The van der Waals surface area contributed by atoms with Crippen molar-refractivity contribution in [3.63, 3.8) is 0 Å². The van der Waals surface area contributed by atoms with Gasteiger partial charge in [-0.15, -0.1) is 0 Å². The molecule has 0 saturated heterocycles. The molecule has 0 radical (unpaired) electrons. The molecule has 0 saturated carbocycles. The van der Waals surface area contributed by atoms with E-state index >= 15 is 0 Å². The van der Waals surface area contributed by atoms with Crippen molar-refractivity contribution in [3.8, 4) is 0 Å². The van der Waals surface area contributed by atoms with Crippen molar-refractivity contribution in [1.82, 2.24) is 14.9 Å². The standard InChI is InChI=1S/C14H26FN5/c1-6-7-16-14-17-8-11(15)13(19-14)18-12(10(2)3)9-20(4)5/h8,10,12H,6-7,9H2,1-5H3,(H2,16,17,18,19). The first-order valence-corrected chi connectivity index (χ1v) is 7.11. The first kappa shape index (κ1) is 16.6. The SMILES string of the molecule is CCCNc1ncc(F)c(NC(CN(C)C)C(C)C)n1. The minimum atomic E-state index is -0.420. The van der Waals surface area contributed by atoms with E-state index in [4.69, 9.17) is 0 Å². The van der Waals surface area contributed by atoms with Gasteiger partial charge in [0.15, 0.2) is 11.6 Å². The van der Waals surface area contributed by atoms with Crippen LogP contribution in [0.3, 0.4) is 0 Å². The van der Waals surface area contributed by atoms with Gasteiger partial charge in [0, 0.05) is 19.1 Å². The highest BCUT2D eigenvalue weighted by molar-refractivity contribution is 5.42. The Balaban J connectivity index is 2.82. The number of anilines is 2. The molecule has 1 atom stereocenters. The minimum Gasteiger partial charge on any atom is -0.363 e. The summed E-state index contributed by atoms with van der Waals surface area (Å²) in [6.45, 7) is 7.86. The molecule has 0 bridgehead atoms. The summed E-state index contributed by atoms with van der Waals surface area (Å²) in [5, 5.41) is 6.25. The molecule has 1 heterocycles. The third kappa shape index (κ3) is 5.28. The van der Waals surface area contributed by atoms with E-state index in [2.05, 4.69) is 46.3 Å². The van der Waals surface area contributed by atoms with Crippen LogP contribution in [0.4, 0.5) is 16.2 Å². The lowest BCUT2D eigenvalue weighted by atomic mass is 10.0. The number of likely N-dealkylation sites (N-methyl/N-ethyl adjacent to an activating group) is 1. The Morgan fingerprint density at radius 2 is 2.05 bits per heavy atom. The molecule has 1 unspecified atom stereocenters. The highest BCUT2D eigenvalue weighted by atomic mass is 19.1. The maximum absolute atomic E-state index is 13.8. The number of hydrogen-bond acceptors (Lipinski definition) is 5. The highest BCUT2D eigenvalue weighted by Gasteiger charge is 2.17. The number of hydrogen-bond donors (Lipinski definition) is 2. The Kier molecular flexibility index (Phi) is 6.64. The fraction of sp³-hybridized carbons (Fsp3) is 0.714. The van der Waals surface area contributed by atoms with E-state index in [-0.39, 0.29) is 11.9 Å². The topological polar surface area (TPSA) is 53.1 Å². The monoisotopic (exact) mass is 283 g/mol. The van der Waals surface area contributed by atoms with E-state index in [9.17, 15) is 4.39 Å². The van der Waals surface area contributed by atoms with E-state index in [1.165, 1.54) is 6.20 Å². The predicted octanol–water partition coefficient (Wildman–Crippen LogP) is 2.44. The minimum absolute atomic E-state index is 0.133. The summed E-state index contributed by atoms with van der Waals surface area (Å²) in [4.78, 5) is 10.2. The molecule has 0 aromatic carbocycles. The van der Waals surface area contributed by atoms with Crippen LogP contribution in [-0.4, -0.2) is 48.1 Å². The quantitative estimate of drug-likeness (QED) is 0.767. The summed E-state index contributed by atoms with van der Waals surface area (Å²) in [5.41, 5.74) is 0. The molecule has 0 aliphatic carbocycles. The molecule has 0 fully saturated rings. The third-order valence-corrected chi connectivity index (χ3v) is 2.97. The average molecular weight is 283 g/mol. The zero-order valence-electron chi connectivity index (χ0n) is 13.1. The summed E-state index contributed by atoms with van der Waals surface area (Å²) >= 11 is 0. The van der Waals surface area contributed by atoms with E-state index in [0.717, 1.165) is 19.5 Å². The molecule has 5 nitrogen and oxygen atoms in total. The van der Waals surface area contributed by atoms with Gasteiger partial charge in [-0.25, -0.2) is 9.37 Å². The Labute approximate surface area is 121 Å². The van der Waals surface area contributed by atoms with Gasteiger partial charge in [0.25, 0.3) is 0 Å². The first-order chi connectivity index (χ1) is 9.43. The molecule has 6 heteroatoms. The molecule has 0 aliphatic heterocycles. The normalized spacial score (nSPS) is 12.8. The van der Waals surface area contributed by atoms with Crippen LogP contribution in [0.25, 0.3) is 0 Å². The summed E-state index contributed by atoms with van der Waals surface area (Å²) in [5.74, 6) is 0.678. The Morgan fingerprint density at radius 3 is 2.60 bits per heavy atom. The van der Waals surface area contributed by atoms with Gasteiger partial charge in [-0.3, -0.25) is 0 Å². The molecular formula is C14H26FN5. The molecule has 114 valence electrons. The molecule has 1 aromatic heterocycles. The highest BCUT2D eigenvalue weighted by Crippen LogP contribution is 2.16. The van der Waals surface area contributed by atoms with Gasteiger partial charge < -0.3 is 15.5 Å². The van der Waals surface area contributed by atoms with Crippen molar-refractivity contribution >= 4 is 11.8 Å². The van der Waals surface area contributed by atoms with Gasteiger partial charge in [-0.2, -0.15) is 4.98 Å². The second-order valence-corrected chi connectivity index (χ2v) is 5.57. The van der Waals surface area contributed by atoms with E-state index in [1.54, 1.807) is 0 Å². The summed E-state index contributed by atoms with van der Waals surface area (Å²) in [6.07, 6.45) is 2.18. The van der Waals surface area contributed by atoms with Crippen LogP contribution in [0.2, 0.25) is 0 Å². The fourth-order valence-corrected chi connectivity index (χ4v) is 1.78. The van der Waals surface area contributed by atoms with Crippen LogP contribution in [0.5, 0.6) is 0 Å². The fourth-order valence-electron chi connectivity index (χ4n) is 1.78. The van der Waals surface area contributed by atoms with Crippen LogP contribution in [0, 0.1) is 11.7 Å². The van der Waals surface area contributed by atoms with Gasteiger partial charge >= 0.3 is 0 Å². The van der Waals surface area contributed by atoms with Crippen molar-refractivity contribution in [1.29, 1.82) is 0 Å². The molecular weight excluding hydrogens is 257 g/mol. The number of nitrogens with zero attached hydrogens (tertiary/aromatic N) is 3. The molecule has 2 N–H and O–H groups in total. The number of nitrogens with one attached hydrogen (secondary N) is 2. The maximum Gasteiger partial charge on any atom is 0.224 e. The van der Waals surface area contributed by atoms with Crippen LogP contribution in [-0.2, 0) is 0 Å². The Hall–Kier alpha value is -1.43. The van der Waals surface area contributed by atoms with Crippen molar-refractivity contribution in [2.75, 3.05) is 37.8 Å². The zero-order valence-corrected chi connectivity index (χ0v) is 13.1. The Morgan fingerprint density at radius 1 is 1.35 bits per heavy atom. The number of rotatable bonds is 8. The maximum atomic E-state index is 13.8. The lowest BCUT2D eigenvalue weighted by Crippen LogP contribution is -2.37. The summed E-state index contributed by atoms with van der Waals surface area (Å²) < 4.78 is 13.8. The number of aromatic nitrogens is 2. The second kappa shape index (κ2) is 7.99. The molecule has 0 aliphatic rings. The van der Waals surface area contributed by atoms with Gasteiger partial charge in [-0.05, 0) is 26.4 Å². The molecule has 0 amide bonds. The van der Waals surface area contributed by atoms with Gasteiger partial charge in [0.2, 0.25) is 5.95 Å². The summed E-state index contributed by atoms with van der Waals surface area (Å²) in [7, 11) is 4.00. The van der Waals surface area contributed by atoms with E-state index in [0.29, 0.717) is 11.9 Å². The molecule has 0 spiro atoms. The molecule has 1 rings (SSSR count). The van der Waals surface area contributed by atoms with E-state index in [1.807, 2.05) is 14.1 Å². The zero-order chi connectivity index (χ0) is 15.1. The van der Waals surface area contributed by atoms with Crippen LogP contribution in [0.1, 0.15) is 27.2 Å². The molecule has 20 heavy (non-hydrogen) atoms. The van der Waals surface area contributed by atoms with Crippen LogP contribution >= 0.6 is 0 Å². The Bertz CT molecular complexity index is 409. The van der Waals surface area contributed by atoms with Gasteiger partial charge in [0.1, 0.15) is 0 Å². The predicted molar refractivity (Wildman–Crippen MR) is 81.6 cm³/mol. The van der Waals surface area contributed by atoms with Crippen molar-refractivity contribution in [2.24, 2.45) is 5.92 Å². The van der Waals surface area contributed by atoms with Crippen molar-refractivity contribution in [2.45, 2.75) is 33.2 Å². The smallest absolute Gasteiger partial charge is 0.224 e. The first-order valence-electron chi connectivity index (χ1n) is 7.11. The molecule has 1 aromatic rings. The van der Waals surface area contributed by atoms with Crippen LogP contribution < -0.4 is 10.6 Å². The van der Waals surface area contributed by atoms with E-state index < -0.39 is 5.82 Å². The summed E-state index contributed by atoms with van der Waals surface area (Å²) in [6, 6.07) is 0.133. The van der Waals surface area contributed by atoms with Crippen LogP contribution in [0.15, 0.2) is 6.20 Å². The third-order valence-electron chi connectivity index (χ3n) is 2.97. The lowest BCUT2D eigenvalue weighted by molar-refractivity contribution is 0.343. The largest absolute Gasteiger partial charge is 0.363 e.